The van der Waals surface area contributed by atoms with Gasteiger partial charge in [-0.1, -0.05) is 35.9 Å². The van der Waals surface area contributed by atoms with Gasteiger partial charge in [0.15, 0.2) is 0 Å². The van der Waals surface area contributed by atoms with Crippen LogP contribution in [0.25, 0.3) is 0 Å². The summed E-state index contributed by atoms with van der Waals surface area (Å²) in [4.78, 5) is 25.9. The molecule has 2 rings (SSSR count). The number of halogens is 1. The van der Waals surface area contributed by atoms with Gasteiger partial charge in [-0.05, 0) is 29.8 Å². The number of hydrogen-bond acceptors (Lipinski definition) is 4. The molecular formula is C19H20ClNO4. The Morgan fingerprint density at radius 2 is 1.72 bits per heavy atom. The second kappa shape index (κ2) is 9.08. The van der Waals surface area contributed by atoms with Crippen LogP contribution in [0.5, 0.6) is 5.75 Å². The van der Waals surface area contributed by atoms with Crippen LogP contribution >= 0.6 is 11.6 Å². The summed E-state index contributed by atoms with van der Waals surface area (Å²) in [5, 5.41) is 0.380. The van der Waals surface area contributed by atoms with Gasteiger partial charge in [0.2, 0.25) is 0 Å². The van der Waals surface area contributed by atoms with Crippen LogP contribution in [-0.2, 0) is 16.1 Å². The number of rotatable bonds is 7. The van der Waals surface area contributed by atoms with E-state index in [9.17, 15) is 9.59 Å². The van der Waals surface area contributed by atoms with Gasteiger partial charge in [0.05, 0.1) is 31.2 Å². The molecule has 0 bridgehead atoms. The maximum Gasteiger partial charge on any atom is 0.307 e. The van der Waals surface area contributed by atoms with E-state index in [-0.39, 0.29) is 24.8 Å². The second-order valence-corrected chi connectivity index (χ2v) is 5.79. The van der Waals surface area contributed by atoms with E-state index < -0.39 is 0 Å². The van der Waals surface area contributed by atoms with Crippen LogP contribution < -0.4 is 4.74 Å². The third-order valence-electron chi connectivity index (χ3n) is 3.74. The third-order valence-corrected chi connectivity index (χ3v) is 4.07. The molecule has 0 spiro atoms. The van der Waals surface area contributed by atoms with Crippen molar-refractivity contribution in [3.05, 3.63) is 64.7 Å². The van der Waals surface area contributed by atoms with E-state index in [2.05, 4.69) is 4.74 Å². The van der Waals surface area contributed by atoms with Gasteiger partial charge in [0, 0.05) is 13.1 Å². The first-order valence-corrected chi connectivity index (χ1v) is 8.16. The van der Waals surface area contributed by atoms with Crippen molar-refractivity contribution >= 4 is 23.5 Å². The number of ether oxygens (including phenoxy) is 2. The molecule has 0 aliphatic heterocycles. The SMILES string of the molecule is COC(=O)CCN(Cc1ccc(OC)cc1)C(=O)c1ccccc1Cl. The molecule has 0 N–H and O–H groups in total. The van der Waals surface area contributed by atoms with E-state index in [0.29, 0.717) is 17.1 Å². The minimum Gasteiger partial charge on any atom is -0.497 e. The Hall–Kier alpha value is -2.53. The lowest BCUT2D eigenvalue weighted by Crippen LogP contribution is -2.33. The molecule has 5 nitrogen and oxygen atoms in total. The molecule has 0 saturated heterocycles. The summed E-state index contributed by atoms with van der Waals surface area (Å²) in [6.07, 6.45) is 0.114. The standard InChI is InChI=1S/C19H20ClNO4/c1-24-15-9-7-14(8-10-15)13-21(12-11-18(22)25-2)19(23)16-5-3-4-6-17(16)20/h3-10H,11-13H2,1-2H3. The Labute approximate surface area is 152 Å². The molecule has 0 aliphatic carbocycles. The van der Waals surface area contributed by atoms with E-state index in [0.717, 1.165) is 11.3 Å². The lowest BCUT2D eigenvalue weighted by atomic mass is 10.1. The Kier molecular flexibility index (Phi) is 6.83. The highest BCUT2D eigenvalue weighted by atomic mass is 35.5. The lowest BCUT2D eigenvalue weighted by molar-refractivity contribution is -0.140. The van der Waals surface area contributed by atoms with Gasteiger partial charge in [-0.15, -0.1) is 0 Å². The first-order valence-electron chi connectivity index (χ1n) is 7.78. The van der Waals surface area contributed by atoms with Crippen molar-refractivity contribution in [2.24, 2.45) is 0 Å². The molecule has 2 aromatic carbocycles. The van der Waals surface area contributed by atoms with Crippen LogP contribution in [-0.4, -0.2) is 37.5 Å². The van der Waals surface area contributed by atoms with Crippen molar-refractivity contribution in [2.45, 2.75) is 13.0 Å². The molecule has 0 heterocycles. The van der Waals surface area contributed by atoms with Crippen molar-refractivity contribution < 1.29 is 19.1 Å². The maximum atomic E-state index is 12.9. The Morgan fingerprint density at radius 3 is 2.32 bits per heavy atom. The normalized spacial score (nSPS) is 10.2. The van der Waals surface area contributed by atoms with Crippen molar-refractivity contribution in [1.29, 1.82) is 0 Å². The predicted molar refractivity (Wildman–Crippen MR) is 95.8 cm³/mol. The van der Waals surface area contributed by atoms with Crippen molar-refractivity contribution in [1.82, 2.24) is 4.90 Å². The van der Waals surface area contributed by atoms with E-state index >= 15 is 0 Å². The number of benzene rings is 2. The van der Waals surface area contributed by atoms with Gasteiger partial charge >= 0.3 is 5.97 Å². The van der Waals surface area contributed by atoms with Crippen molar-refractivity contribution in [3.8, 4) is 5.75 Å². The number of carbonyl (C=O) groups is 2. The summed E-state index contributed by atoms with van der Waals surface area (Å²) < 4.78 is 9.81. The van der Waals surface area contributed by atoms with E-state index in [1.807, 2.05) is 24.3 Å². The van der Waals surface area contributed by atoms with E-state index in [1.165, 1.54) is 7.11 Å². The maximum absolute atomic E-state index is 12.9. The molecule has 0 aliphatic rings. The zero-order valence-electron chi connectivity index (χ0n) is 14.2. The minimum absolute atomic E-state index is 0.114. The number of methoxy groups -OCH3 is 2. The Balaban J connectivity index is 2.20. The first kappa shape index (κ1) is 18.8. The third kappa shape index (κ3) is 5.22. The van der Waals surface area contributed by atoms with Gasteiger partial charge in [-0.2, -0.15) is 0 Å². The highest BCUT2D eigenvalue weighted by Gasteiger charge is 2.19. The van der Waals surface area contributed by atoms with E-state index in [1.54, 1.807) is 36.3 Å². The average molecular weight is 362 g/mol. The van der Waals surface area contributed by atoms with Crippen LogP contribution in [0.15, 0.2) is 48.5 Å². The smallest absolute Gasteiger partial charge is 0.307 e. The van der Waals surface area contributed by atoms with Crippen LogP contribution in [0.2, 0.25) is 5.02 Å². The number of hydrogen-bond donors (Lipinski definition) is 0. The van der Waals surface area contributed by atoms with Crippen LogP contribution in [0, 0.1) is 0 Å². The largest absolute Gasteiger partial charge is 0.497 e. The number of amides is 1. The molecule has 0 aromatic heterocycles. The summed E-state index contributed by atoms with van der Waals surface area (Å²) in [5.74, 6) is 0.138. The molecule has 0 saturated carbocycles. The lowest BCUT2D eigenvalue weighted by Gasteiger charge is -2.23. The summed E-state index contributed by atoms with van der Waals surface area (Å²) >= 11 is 6.14. The van der Waals surface area contributed by atoms with Gasteiger partial charge in [0.1, 0.15) is 5.75 Å². The molecule has 0 radical (unpaired) electrons. The summed E-state index contributed by atoms with van der Waals surface area (Å²) in [5.41, 5.74) is 1.33. The van der Waals surface area contributed by atoms with Gasteiger partial charge < -0.3 is 14.4 Å². The Bertz CT molecular complexity index is 730. The zero-order valence-corrected chi connectivity index (χ0v) is 15.0. The van der Waals surface area contributed by atoms with Crippen molar-refractivity contribution in [2.75, 3.05) is 20.8 Å². The Morgan fingerprint density at radius 1 is 1.04 bits per heavy atom. The van der Waals surface area contributed by atoms with Gasteiger partial charge in [-0.25, -0.2) is 0 Å². The molecule has 1 amide bonds. The first-order chi connectivity index (χ1) is 12.0. The second-order valence-electron chi connectivity index (χ2n) is 5.38. The quantitative estimate of drug-likeness (QED) is 0.708. The molecule has 132 valence electrons. The van der Waals surface area contributed by atoms with Crippen molar-refractivity contribution in [3.63, 3.8) is 0 Å². The molecule has 0 fully saturated rings. The fourth-order valence-corrected chi connectivity index (χ4v) is 2.55. The molecule has 6 heteroatoms. The number of esters is 1. The molecule has 0 unspecified atom stereocenters. The summed E-state index contributed by atoms with van der Waals surface area (Å²) in [7, 11) is 2.92. The monoisotopic (exact) mass is 361 g/mol. The van der Waals surface area contributed by atoms with Crippen LogP contribution in [0.1, 0.15) is 22.3 Å². The highest BCUT2D eigenvalue weighted by molar-refractivity contribution is 6.33. The molecule has 25 heavy (non-hydrogen) atoms. The molecular weight excluding hydrogens is 342 g/mol. The highest BCUT2D eigenvalue weighted by Crippen LogP contribution is 2.20. The fourth-order valence-electron chi connectivity index (χ4n) is 2.34. The van der Waals surface area contributed by atoms with Gasteiger partial charge in [0.25, 0.3) is 5.91 Å². The predicted octanol–water partition coefficient (Wildman–Crippen LogP) is 3.55. The zero-order chi connectivity index (χ0) is 18.2. The average Bonchev–Trinajstić information content (AvgIpc) is 2.65. The molecule has 2 aromatic rings. The fraction of sp³-hybridized carbons (Fsp3) is 0.263. The summed E-state index contributed by atoms with van der Waals surface area (Å²) in [6, 6.07) is 14.3. The van der Waals surface area contributed by atoms with E-state index in [4.69, 9.17) is 16.3 Å². The van der Waals surface area contributed by atoms with Crippen LogP contribution in [0.3, 0.4) is 0 Å². The minimum atomic E-state index is -0.369. The molecule has 0 atom stereocenters. The van der Waals surface area contributed by atoms with Gasteiger partial charge in [-0.3, -0.25) is 9.59 Å². The summed E-state index contributed by atoms with van der Waals surface area (Å²) in [6.45, 7) is 0.591. The number of nitrogens with zero attached hydrogens (tertiary/aromatic N) is 1. The van der Waals surface area contributed by atoms with Crippen LogP contribution in [0.4, 0.5) is 0 Å². The number of carbonyl (C=O) groups excluding carboxylic acids is 2. The topological polar surface area (TPSA) is 55.8 Å².